The van der Waals surface area contributed by atoms with E-state index in [0.29, 0.717) is 37.4 Å². The zero-order valence-electron chi connectivity index (χ0n) is 30.0. The average molecular weight is 626 g/mol. The van der Waals surface area contributed by atoms with Crippen LogP contribution in [-0.2, 0) is 53.6 Å². The lowest BCUT2D eigenvalue weighted by molar-refractivity contribution is -0.143. The molecule has 0 aliphatic rings. The van der Waals surface area contributed by atoms with Gasteiger partial charge in [0.15, 0.2) is 0 Å². The van der Waals surface area contributed by atoms with Crippen LogP contribution in [0.2, 0.25) is 0 Å². The first-order chi connectivity index (χ1) is 20.5. The second kappa shape index (κ2) is 15.0. The van der Waals surface area contributed by atoms with E-state index in [1.54, 1.807) is 0 Å². The molecule has 0 atom stereocenters. The maximum absolute atomic E-state index is 12.4. The Morgan fingerprint density at radius 3 is 1.07 bits per heavy atom. The third-order valence-corrected chi connectivity index (χ3v) is 7.89. The summed E-state index contributed by atoms with van der Waals surface area (Å²) in [5.41, 5.74) is 4.66. The van der Waals surface area contributed by atoms with Crippen LogP contribution in [0.4, 0.5) is 0 Å². The highest BCUT2D eigenvalue weighted by Gasteiger charge is 2.28. The van der Waals surface area contributed by atoms with Gasteiger partial charge in [0.05, 0.1) is 0 Å². The van der Waals surface area contributed by atoms with E-state index in [1.807, 2.05) is 24.3 Å². The van der Waals surface area contributed by atoms with Gasteiger partial charge in [-0.2, -0.15) is 0 Å². The molecule has 0 fully saturated rings. The first kappa shape index (κ1) is 38.1. The number of rotatable bonds is 12. The predicted molar refractivity (Wildman–Crippen MR) is 182 cm³/mol. The Morgan fingerprint density at radius 2 is 0.822 bits per heavy atom. The van der Waals surface area contributed by atoms with Crippen molar-refractivity contribution < 1.29 is 29.3 Å². The third-order valence-electron chi connectivity index (χ3n) is 7.89. The molecule has 7 heteroatoms. The van der Waals surface area contributed by atoms with E-state index < -0.39 is 0 Å². The lowest BCUT2D eigenvalue weighted by Crippen LogP contribution is -2.26. The second-order valence-corrected chi connectivity index (χ2v) is 16.3. The number of aromatic hydroxyl groups is 2. The normalized spacial score (nSPS) is 12.7. The first-order valence-corrected chi connectivity index (χ1v) is 16.3. The largest absolute Gasteiger partial charge is 0.507 e. The van der Waals surface area contributed by atoms with E-state index in [0.717, 1.165) is 33.4 Å². The highest BCUT2D eigenvalue weighted by molar-refractivity contribution is 5.70. The molecule has 0 radical (unpaired) electrons. The summed E-state index contributed by atoms with van der Waals surface area (Å²) in [6.45, 7) is 26.3. The van der Waals surface area contributed by atoms with E-state index in [9.17, 15) is 19.8 Å². The van der Waals surface area contributed by atoms with Gasteiger partial charge in [0.1, 0.15) is 24.7 Å². The lowest BCUT2D eigenvalue weighted by atomic mass is 9.78. The van der Waals surface area contributed by atoms with Crippen LogP contribution in [0.5, 0.6) is 11.5 Å². The molecule has 0 unspecified atom stereocenters. The van der Waals surface area contributed by atoms with E-state index in [-0.39, 0.29) is 59.7 Å². The van der Waals surface area contributed by atoms with E-state index >= 15 is 0 Å². The molecular formula is C38H59NO6. The third kappa shape index (κ3) is 11.7. The Hall–Kier alpha value is -3.06. The SMILES string of the molecule is CC(C)(C)c1cc(CCC(=O)OCCNCCOC(=O)CCc2cc(C(C)(C)C)c(O)c(C(C)(C)C)c2)cc(C(C)(C)C)c1O. The minimum atomic E-state index is -0.274. The summed E-state index contributed by atoms with van der Waals surface area (Å²) in [7, 11) is 0. The standard InChI is InChI=1S/C38H59NO6/c1-35(2,3)27-21-25(22-28(33(27)42)36(4,5)6)13-15-31(40)44-19-17-39-18-20-45-32(41)16-14-26-23-29(37(7,8)9)34(43)30(24-26)38(10,11)12/h21-24,39,42-43H,13-20H2,1-12H3. The van der Waals surface area contributed by atoms with Gasteiger partial charge in [0.2, 0.25) is 0 Å². The molecule has 252 valence electrons. The molecule has 45 heavy (non-hydrogen) atoms. The number of hydrogen-bond acceptors (Lipinski definition) is 7. The van der Waals surface area contributed by atoms with Crippen molar-refractivity contribution in [2.45, 2.75) is 130 Å². The molecule has 2 aromatic carbocycles. The van der Waals surface area contributed by atoms with Crippen molar-refractivity contribution >= 4 is 11.9 Å². The summed E-state index contributed by atoms with van der Waals surface area (Å²) in [6, 6.07) is 7.99. The number of phenolic OH excluding ortho intramolecular Hbond substituents is 2. The van der Waals surface area contributed by atoms with E-state index in [2.05, 4.69) is 88.4 Å². The van der Waals surface area contributed by atoms with Crippen molar-refractivity contribution in [1.82, 2.24) is 5.32 Å². The molecule has 2 rings (SSSR count). The quantitative estimate of drug-likeness (QED) is 0.165. The average Bonchev–Trinajstić information content (AvgIpc) is 2.88. The molecule has 0 aliphatic carbocycles. The van der Waals surface area contributed by atoms with Gasteiger partial charge >= 0.3 is 11.9 Å². The van der Waals surface area contributed by atoms with Gasteiger partial charge in [-0.3, -0.25) is 9.59 Å². The van der Waals surface area contributed by atoms with Crippen LogP contribution in [0.25, 0.3) is 0 Å². The fraction of sp³-hybridized carbons (Fsp3) is 0.632. The van der Waals surface area contributed by atoms with Crippen molar-refractivity contribution in [2.75, 3.05) is 26.3 Å². The van der Waals surface area contributed by atoms with Crippen LogP contribution in [0, 0.1) is 0 Å². The number of carbonyl (C=O) groups is 2. The molecule has 0 amide bonds. The number of aryl methyl sites for hydroxylation is 2. The monoisotopic (exact) mass is 625 g/mol. The molecule has 0 spiro atoms. The first-order valence-electron chi connectivity index (χ1n) is 16.3. The second-order valence-electron chi connectivity index (χ2n) is 16.3. The smallest absolute Gasteiger partial charge is 0.306 e. The Kier molecular flexibility index (Phi) is 12.7. The minimum absolute atomic E-state index is 0.223. The van der Waals surface area contributed by atoms with Gasteiger partial charge in [0.25, 0.3) is 0 Å². The van der Waals surface area contributed by atoms with E-state index in [1.165, 1.54) is 0 Å². The molecule has 0 saturated carbocycles. The Labute approximate surface area is 272 Å². The lowest BCUT2D eigenvalue weighted by Gasteiger charge is -2.28. The highest BCUT2D eigenvalue weighted by atomic mass is 16.5. The van der Waals surface area contributed by atoms with Gasteiger partial charge < -0.3 is 25.0 Å². The summed E-state index contributed by atoms with van der Waals surface area (Å²) in [4.78, 5) is 24.8. The molecule has 2 aromatic rings. The number of phenols is 2. The Balaban J connectivity index is 1.75. The van der Waals surface area contributed by atoms with Crippen LogP contribution in [-0.4, -0.2) is 48.5 Å². The van der Waals surface area contributed by atoms with Crippen molar-refractivity contribution in [3.63, 3.8) is 0 Å². The Bertz CT molecular complexity index is 1140. The summed E-state index contributed by atoms with van der Waals surface area (Å²) in [5.74, 6) is 0.119. The number of ether oxygens (including phenoxy) is 2. The molecule has 0 aliphatic heterocycles. The summed E-state index contributed by atoms with van der Waals surface area (Å²) in [6.07, 6.45) is 1.58. The summed E-state index contributed by atoms with van der Waals surface area (Å²) in [5, 5.41) is 25.0. The minimum Gasteiger partial charge on any atom is -0.507 e. The Morgan fingerprint density at radius 1 is 0.556 bits per heavy atom. The van der Waals surface area contributed by atoms with Crippen molar-refractivity contribution in [3.8, 4) is 11.5 Å². The zero-order valence-corrected chi connectivity index (χ0v) is 30.0. The summed E-state index contributed by atoms with van der Waals surface area (Å²) < 4.78 is 10.8. The number of carbonyl (C=O) groups excluding carboxylic acids is 2. The van der Waals surface area contributed by atoms with Gasteiger partial charge in [-0.1, -0.05) is 107 Å². The topological polar surface area (TPSA) is 105 Å². The molecule has 0 saturated heterocycles. The fourth-order valence-electron chi connectivity index (χ4n) is 5.20. The van der Waals surface area contributed by atoms with Crippen LogP contribution in [0.3, 0.4) is 0 Å². The number of esters is 2. The van der Waals surface area contributed by atoms with Gasteiger partial charge in [-0.25, -0.2) is 0 Å². The van der Waals surface area contributed by atoms with Crippen LogP contribution in [0.15, 0.2) is 24.3 Å². The molecule has 3 N–H and O–H groups in total. The van der Waals surface area contributed by atoms with Crippen LogP contribution < -0.4 is 5.32 Å². The van der Waals surface area contributed by atoms with Crippen LogP contribution in [0.1, 0.15) is 129 Å². The molecule has 7 nitrogen and oxygen atoms in total. The molecule has 0 aromatic heterocycles. The summed E-state index contributed by atoms with van der Waals surface area (Å²) >= 11 is 0. The molecule has 0 heterocycles. The highest BCUT2D eigenvalue weighted by Crippen LogP contribution is 2.41. The predicted octanol–water partition coefficient (Wildman–Crippen LogP) is 7.53. The van der Waals surface area contributed by atoms with Crippen molar-refractivity contribution in [3.05, 3.63) is 57.6 Å². The number of benzene rings is 2. The van der Waals surface area contributed by atoms with Crippen LogP contribution >= 0.6 is 0 Å². The molecular weight excluding hydrogens is 566 g/mol. The maximum Gasteiger partial charge on any atom is 0.306 e. The molecule has 0 bridgehead atoms. The fourth-order valence-corrected chi connectivity index (χ4v) is 5.20. The zero-order chi connectivity index (χ0) is 34.4. The number of nitrogens with one attached hydrogen (secondary N) is 1. The van der Waals surface area contributed by atoms with Crippen molar-refractivity contribution in [2.24, 2.45) is 0 Å². The van der Waals surface area contributed by atoms with Crippen molar-refractivity contribution in [1.29, 1.82) is 0 Å². The maximum atomic E-state index is 12.4. The number of hydrogen-bond donors (Lipinski definition) is 3. The van der Waals surface area contributed by atoms with Gasteiger partial charge in [-0.15, -0.1) is 0 Å². The van der Waals surface area contributed by atoms with Gasteiger partial charge in [0, 0.05) is 25.9 Å². The van der Waals surface area contributed by atoms with Gasteiger partial charge in [-0.05, 0) is 67.9 Å². The van der Waals surface area contributed by atoms with E-state index in [4.69, 9.17) is 9.47 Å².